The molecular weight excluding hydrogens is 312 g/mol. The zero-order valence-corrected chi connectivity index (χ0v) is 15.5. The van der Waals surface area contributed by atoms with Crippen LogP contribution in [0.3, 0.4) is 0 Å². The third-order valence-electron chi connectivity index (χ3n) is 5.16. The molecule has 0 amide bonds. The number of aliphatic hydroxyl groups excluding tert-OH is 1. The molecule has 3 rings (SSSR count). The number of aryl methyl sites for hydroxylation is 1. The van der Waals surface area contributed by atoms with Gasteiger partial charge in [-0.05, 0) is 17.9 Å². The van der Waals surface area contributed by atoms with Crippen LogP contribution in [0.5, 0.6) is 0 Å². The van der Waals surface area contributed by atoms with Crippen molar-refractivity contribution in [2.24, 2.45) is 13.0 Å². The maximum atomic E-state index is 10.3. The standard InChI is InChI=1S/C20H30N4O/c1-15(2)19-9-18(14-24(19)12-16-7-5-4-6-8-16)21-11-20(25)17-10-22-23(3)13-17/h4-8,10,13,15,18-21,25H,9,11-12,14H2,1-3H3. The fourth-order valence-corrected chi connectivity index (χ4v) is 3.78. The minimum absolute atomic E-state index is 0.419. The van der Waals surface area contributed by atoms with Crippen molar-refractivity contribution in [3.63, 3.8) is 0 Å². The normalized spacial score (nSPS) is 22.6. The van der Waals surface area contributed by atoms with Crippen molar-refractivity contribution in [2.75, 3.05) is 13.1 Å². The molecule has 1 aromatic heterocycles. The largest absolute Gasteiger partial charge is 0.387 e. The zero-order valence-electron chi connectivity index (χ0n) is 15.5. The van der Waals surface area contributed by atoms with Crippen LogP contribution in [-0.4, -0.2) is 45.0 Å². The van der Waals surface area contributed by atoms with Crippen LogP contribution in [0.15, 0.2) is 42.7 Å². The van der Waals surface area contributed by atoms with Crippen LogP contribution < -0.4 is 5.32 Å². The first kappa shape index (κ1) is 18.1. The molecule has 1 aromatic carbocycles. The van der Waals surface area contributed by atoms with E-state index in [9.17, 15) is 5.11 Å². The molecule has 0 radical (unpaired) electrons. The third-order valence-corrected chi connectivity index (χ3v) is 5.16. The molecule has 25 heavy (non-hydrogen) atoms. The summed E-state index contributed by atoms with van der Waals surface area (Å²) in [7, 11) is 1.87. The van der Waals surface area contributed by atoms with Crippen molar-refractivity contribution in [2.45, 2.75) is 45.0 Å². The van der Waals surface area contributed by atoms with E-state index in [0.717, 1.165) is 25.1 Å². The van der Waals surface area contributed by atoms with E-state index in [2.05, 4.69) is 59.5 Å². The van der Waals surface area contributed by atoms with Crippen molar-refractivity contribution in [1.82, 2.24) is 20.0 Å². The van der Waals surface area contributed by atoms with E-state index in [0.29, 0.717) is 24.5 Å². The van der Waals surface area contributed by atoms with Crippen LogP contribution in [0.1, 0.15) is 37.5 Å². The molecule has 1 aliphatic heterocycles. The highest BCUT2D eigenvalue weighted by Gasteiger charge is 2.33. The van der Waals surface area contributed by atoms with Gasteiger partial charge in [-0.25, -0.2) is 0 Å². The van der Waals surface area contributed by atoms with Crippen LogP contribution in [0.25, 0.3) is 0 Å². The monoisotopic (exact) mass is 342 g/mol. The molecule has 0 saturated carbocycles. The van der Waals surface area contributed by atoms with Gasteiger partial charge >= 0.3 is 0 Å². The first-order valence-corrected chi connectivity index (χ1v) is 9.21. The number of hydrogen-bond donors (Lipinski definition) is 2. The van der Waals surface area contributed by atoms with Gasteiger partial charge in [0.25, 0.3) is 0 Å². The lowest BCUT2D eigenvalue weighted by molar-refractivity contribution is 0.169. The van der Waals surface area contributed by atoms with Gasteiger partial charge < -0.3 is 10.4 Å². The Kier molecular flexibility index (Phi) is 5.89. The van der Waals surface area contributed by atoms with E-state index < -0.39 is 6.10 Å². The molecule has 2 N–H and O–H groups in total. The highest BCUT2D eigenvalue weighted by atomic mass is 16.3. The van der Waals surface area contributed by atoms with Crippen LogP contribution in [-0.2, 0) is 13.6 Å². The fraction of sp³-hybridized carbons (Fsp3) is 0.550. The lowest BCUT2D eigenvalue weighted by Crippen LogP contribution is -2.35. The van der Waals surface area contributed by atoms with Crippen molar-refractivity contribution in [3.05, 3.63) is 53.9 Å². The Labute approximate surface area is 150 Å². The number of nitrogens with one attached hydrogen (secondary N) is 1. The molecule has 2 aromatic rings. The van der Waals surface area contributed by atoms with E-state index in [4.69, 9.17) is 0 Å². The van der Waals surface area contributed by atoms with Crippen LogP contribution in [0.2, 0.25) is 0 Å². The molecule has 1 saturated heterocycles. The number of aliphatic hydroxyl groups is 1. The van der Waals surface area contributed by atoms with E-state index in [1.807, 2.05) is 13.2 Å². The zero-order chi connectivity index (χ0) is 17.8. The molecule has 1 aliphatic rings. The molecule has 0 aliphatic carbocycles. The van der Waals surface area contributed by atoms with Gasteiger partial charge in [0.15, 0.2) is 0 Å². The first-order valence-electron chi connectivity index (χ1n) is 9.21. The van der Waals surface area contributed by atoms with Gasteiger partial charge in [-0.1, -0.05) is 44.2 Å². The van der Waals surface area contributed by atoms with Gasteiger partial charge in [-0.3, -0.25) is 9.58 Å². The van der Waals surface area contributed by atoms with Crippen molar-refractivity contribution in [1.29, 1.82) is 0 Å². The molecule has 3 atom stereocenters. The van der Waals surface area contributed by atoms with Gasteiger partial charge in [0, 0.05) is 50.5 Å². The molecule has 3 unspecified atom stereocenters. The number of nitrogens with zero attached hydrogens (tertiary/aromatic N) is 3. The summed E-state index contributed by atoms with van der Waals surface area (Å²) in [6, 6.07) is 11.7. The molecule has 136 valence electrons. The fourth-order valence-electron chi connectivity index (χ4n) is 3.78. The summed E-state index contributed by atoms with van der Waals surface area (Å²) >= 11 is 0. The maximum absolute atomic E-state index is 10.3. The summed E-state index contributed by atoms with van der Waals surface area (Å²) in [5.41, 5.74) is 2.23. The van der Waals surface area contributed by atoms with Gasteiger partial charge in [0.1, 0.15) is 0 Å². The average Bonchev–Trinajstić information content (AvgIpc) is 3.20. The summed E-state index contributed by atoms with van der Waals surface area (Å²) in [5.74, 6) is 0.624. The minimum Gasteiger partial charge on any atom is -0.387 e. The quantitative estimate of drug-likeness (QED) is 0.811. The Morgan fingerprint density at radius 2 is 2.04 bits per heavy atom. The Balaban J connectivity index is 1.56. The summed E-state index contributed by atoms with van der Waals surface area (Å²) in [6.45, 7) is 7.19. The van der Waals surface area contributed by atoms with Crippen LogP contribution >= 0.6 is 0 Å². The van der Waals surface area contributed by atoms with Crippen molar-refractivity contribution >= 4 is 0 Å². The van der Waals surface area contributed by atoms with E-state index in [-0.39, 0.29) is 0 Å². The molecule has 0 spiro atoms. The number of hydrogen-bond acceptors (Lipinski definition) is 4. The van der Waals surface area contributed by atoms with E-state index in [1.165, 1.54) is 5.56 Å². The summed E-state index contributed by atoms with van der Waals surface area (Å²) < 4.78 is 1.73. The molecule has 0 bridgehead atoms. The highest BCUT2D eigenvalue weighted by molar-refractivity contribution is 5.15. The Bertz CT molecular complexity index is 655. The van der Waals surface area contributed by atoms with Crippen LogP contribution in [0, 0.1) is 5.92 Å². The second kappa shape index (κ2) is 8.13. The van der Waals surface area contributed by atoms with Gasteiger partial charge in [0.05, 0.1) is 12.3 Å². The number of benzene rings is 1. The minimum atomic E-state index is -0.505. The lowest BCUT2D eigenvalue weighted by Gasteiger charge is -2.27. The lowest BCUT2D eigenvalue weighted by atomic mass is 10.00. The molecule has 2 heterocycles. The average molecular weight is 342 g/mol. The summed E-state index contributed by atoms with van der Waals surface area (Å²) in [4.78, 5) is 2.58. The van der Waals surface area contributed by atoms with E-state index >= 15 is 0 Å². The van der Waals surface area contributed by atoms with Crippen LogP contribution in [0.4, 0.5) is 0 Å². The second-order valence-electron chi connectivity index (χ2n) is 7.53. The maximum Gasteiger partial charge on any atom is 0.0944 e. The highest BCUT2D eigenvalue weighted by Crippen LogP contribution is 2.26. The molecule has 5 heteroatoms. The summed E-state index contributed by atoms with van der Waals surface area (Å²) in [5, 5.41) is 18.0. The third kappa shape index (κ3) is 4.69. The molecule has 5 nitrogen and oxygen atoms in total. The van der Waals surface area contributed by atoms with Crippen molar-refractivity contribution in [3.8, 4) is 0 Å². The SMILES string of the molecule is CC(C)C1CC(NCC(O)c2cnn(C)c2)CN1Cc1ccccc1. The number of aromatic nitrogens is 2. The number of rotatable bonds is 7. The Hall–Kier alpha value is -1.69. The van der Waals surface area contributed by atoms with Crippen molar-refractivity contribution < 1.29 is 5.11 Å². The Morgan fingerprint density at radius 1 is 1.28 bits per heavy atom. The predicted octanol–water partition coefficient (Wildman–Crippen LogP) is 2.34. The topological polar surface area (TPSA) is 53.3 Å². The number of likely N-dealkylation sites (tertiary alicyclic amines) is 1. The Morgan fingerprint density at radius 3 is 2.68 bits per heavy atom. The predicted molar refractivity (Wildman–Crippen MR) is 100 cm³/mol. The summed E-state index contributed by atoms with van der Waals surface area (Å²) in [6.07, 6.45) is 4.23. The first-order chi connectivity index (χ1) is 12.0. The molecular formula is C20H30N4O. The van der Waals surface area contributed by atoms with Gasteiger partial charge in [-0.15, -0.1) is 0 Å². The van der Waals surface area contributed by atoms with Gasteiger partial charge in [-0.2, -0.15) is 5.10 Å². The molecule has 1 fully saturated rings. The van der Waals surface area contributed by atoms with E-state index in [1.54, 1.807) is 10.9 Å². The smallest absolute Gasteiger partial charge is 0.0944 e. The second-order valence-corrected chi connectivity index (χ2v) is 7.53. The van der Waals surface area contributed by atoms with Gasteiger partial charge in [0.2, 0.25) is 0 Å².